The van der Waals surface area contributed by atoms with Crippen molar-refractivity contribution in [3.8, 4) is 5.75 Å². The van der Waals surface area contributed by atoms with Gasteiger partial charge < -0.3 is 10.4 Å². The van der Waals surface area contributed by atoms with E-state index in [0.717, 1.165) is 32.2 Å². The fourth-order valence-electron chi connectivity index (χ4n) is 1.82. The molecule has 88 valence electrons. The van der Waals surface area contributed by atoms with E-state index in [2.05, 4.69) is 10.2 Å². The van der Waals surface area contributed by atoms with Crippen LogP contribution in [0, 0.1) is 11.6 Å². The van der Waals surface area contributed by atoms with Crippen LogP contribution in [0.25, 0.3) is 0 Å². The highest BCUT2D eigenvalue weighted by Gasteiger charge is 2.16. The second kappa shape index (κ2) is 4.76. The number of aromatic hydroxyl groups is 1. The highest BCUT2D eigenvalue weighted by Crippen LogP contribution is 2.23. The summed E-state index contributed by atoms with van der Waals surface area (Å²) >= 11 is 0. The third kappa shape index (κ3) is 2.31. The maximum absolute atomic E-state index is 13.5. The van der Waals surface area contributed by atoms with Crippen LogP contribution >= 0.6 is 0 Å². The summed E-state index contributed by atoms with van der Waals surface area (Å²) in [6.45, 7) is 3.81. The summed E-state index contributed by atoms with van der Waals surface area (Å²) in [6.07, 6.45) is 0. The van der Waals surface area contributed by atoms with E-state index in [-0.39, 0.29) is 0 Å². The smallest absolute Gasteiger partial charge is 0.188 e. The minimum atomic E-state index is -0.915. The Morgan fingerprint density at radius 1 is 1.25 bits per heavy atom. The Kier molecular flexibility index (Phi) is 3.36. The van der Waals surface area contributed by atoms with Crippen LogP contribution < -0.4 is 5.32 Å². The highest BCUT2D eigenvalue weighted by atomic mass is 19.1. The quantitative estimate of drug-likeness (QED) is 0.795. The third-order valence-corrected chi connectivity index (χ3v) is 2.75. The molecule has 0 bridgehead atoms. The molecule has 0 aromatic heterocycles. The average molecular weight is 228 g/mol. The molecule has 1 fully saturated rings. The van der Waals surface area contributed by atoms with Gasteiger partial charge in [-0.1, -0.05) is 6.07 Å². The number of hydrogen-bond donors (Lipinski definition) is 2. The van der Waals surface area contributed by atoms with E-state index in [1.165, 1.54) is 6.07 Å². The molecule has 0 radical (unpaired) electrons. The van der Waals surface area contributed by atoms with Gasteiger partial charge in [-0.05, 0) is 6.07 Å². The van der Waals surface area contributed by atoms with E-state index in [9.17, 15) is 8.78 Å². The molecule has 1 saturated heterocycles. The van der Waals surface area contributed by atoms with Crippen molar-refractivity contribution in [1.29, 1.82) is 0 Å². The lowest BCUT2D eigenvalue weighted by molar-refractivity contribution is 0.229. The monoisotopic (exact) mass is 228 g/mol. The molecule has 0 aliphatic carbocycles. The molecule has 0 unspecified atom stereocenters. The molecule has 3 nitrogen and oxygen atoms in total. The predicted molar refractivity (Wildman–Crippen MR) is 56.2 cm³/mol. The first-order valence-electron chi connectivity index (χ1n) is 5.27. The zero-order chi connectivity index (χ0) is 11.5. The van der Waals surface area contributed by atoms with Gasteiger partial charge in [0.2, 0.25) is 0 Å². The maximum Gasteiger partial charge on any atom is 0.188 e. The van der Waals surface area contributed by atoms with Crippen molar-refractivity contribution in [1.82, 2.24) is 10.2 Å². The van der Waals surface area contributed by atoms with Gasteiger partial charge in [-0.25, -0.2) is 8.78 Å². The van der Waals surface area contributed by atoms with E-state index in [4.69, 9.17) is 5.11 Å². The molecule has 5 heteroatoms. The Bertz CT molecular complexity index is 378. The number of benzene rings is 1. The first-order chi connectivity index (χ1) is 7.68. The van der Waals surface area contributed by atoms with Gasteiger partial charge in [0.25, 0.3) is 0 Å². The number of piperazine rings is 1. The first-order valence-corrected chi connectivity index (χ1v) is 5.27. The number of halogens is 2. The standard InChI is InChI=1S/C11H14F2N2O/c12-9-2-1-8(10(13)11(9)16)7-15-5-3-14-4-6-15/h1-2,14,16H,3-7H2. The van der Waals surface area contributed by atoms with Crippen LogP contribution in [0.3, 0.4) is 0 Å². The zero-order valence-corrected chi connectivity index (χ0v) is 8.84. The number of nitrogens with one attached hydrogen (secondary N) is 1. The molecule has 0 atom stereocenters. The molecule has 0 saturated carbocycles. The largest absolute Gasteiger partial charge is 0.503 e. The molecule has 2 N–H and O–H groups in total. The van der Waals surface area contributed by atoms with Crippen molar-refractivity contribution >= 4 is 0 Å². The molecular formula is C11H14F2N2O. The Morgan fingerprint density at radius 2 is 1.94 bits per heavy atom. The lowest BCUT2D eigenvalue weighted by Crippen LogP contribution is -2.43. The average Bonchev–Trinajstić information content (AvgIpc) is 2.31. The minimum Gasteiger partial charge on any atom is -0.503 e. The van der Waals surface area contributed by atoms with E-state index in [0.29, 0.717) is 12.1 Å². The van der Waals surface area contributed by atoms with Crippen molar-refractivity contribution < 1.29 is 13.9 Å². The molecule has 1 aliphatic heterocycles. The lowest BCUT2D eigenvalue weighted by atomic mass is 10.1. The molecule has 0 spiro atoms. The fourth-order valence-corrected chi connectivity index (χ4v) is 1.82. The topological polar surface area (TPSA) is 35.5 Å². The van der Waals surface area contributed by atoms with Gasteiger partial charge in [-0.2, -0.15) is 0 Å². The Morgan fingerprint density at radius 3 is 2.62 bits per heavy atom. The van der Waals surface area contributed by atoms with E-state index < -0.39 is 17.4 Å². The van der Waals surface area contributed by atoms with Crippen LogP contribution in [0.1, 0.15) is 5.56 Å². The van der Waals surface area contributed by atoms with E-state index >= 15 is 0 Å². The Hall–Kier alpha value is -1.20. The second-order valence-corrected chi connectivity index (χ2v) is 3.90. The lowest BCUT2D eigenvalue weighted by Gasteiger charge is -2.27. The molecule has 1 aromatic carbocycles. The van der Waals surface area contributed by atoms with Gasteiger partial charge >= 0.3 is 0 Å². The second-order valence-electron chi connectivity index (χ2n) is 3.90. The molecule has 1 aliphatic rings. The van der Waals surface area contributed by atoms with Gasteiger partial charge in [-0.3, -0.25) is 4.90 Å². The van der Waals surface area contributed by atoms with Crippen LogP contribution in [-0.2, 0) is 6.54 Å². The fraction of sp³-hybridized carbons (Fsp3) is 0.455. The molecule has 2 rings (SSSR count). The van der Waals surface area contributed by atoms with Crippen LogP contribution in [0.15, 0.2) is 12.1 Å². The molecular weight excluding hydrogens is 214 g/mol. The SMILES string of the molecule is Oc1c(F)ccc(CN2CCNCC2)c1F. The van der Waals surface area contributed by atoms with Crippen molar-refractivity contribution in [2.24, 2.45) is 0 Å². The van der Waals surface area contributed by atoms with Crippen molar-refractivity contribution in [2.45, 2.75) is 6.54 Å². The number of nitrogens with zero attached hydrogens (tertiary/aromatic N) is 1. The predicted octanol–water partition coefficient (Wildman–Crippen LogP) is 1.08. The number of phenolic OH excluding ortho intramolecular Hbond substituents is 1. The highest BCUT2D eigenvalue weighted by molar-refractivity contribution is 5.31. The van der Waals surface area contributed by atoms with Crippen molar-refractivity contribution in [2.75, 3.05) is 26.2 Å². The minimum absolute atomic E-state index is 0.334. The zero-order valence-electron chi connectivity index (χ0n) is 8.84. The van der Waals surface area contributed by atoms with Gasteiger partial charge in [0.05, 0.1) is 0 Å². The number of rotatable bonds is 2. The van der Waals surface area contributed by atoms with E-state index in [1.54, 1.807) is 0 Å². The number of hydrogen-bond acceptors (Lipinski definition) is 3. The third-order valence-electron chi connectivity index (χ3n) is 2.75. The van der Waals surface area contributed by atoms with Crippen LogP contribution in [0.4, 0.5) is 8.78 Å². The number of phenols is 1. The normalized spacial score (nSPS) is 17.6. The summed E-state index contributed by atoms with van der Waals surface area (Å²) < 4.78 is 26.3. The van der Waals surface area contributed by atoms with Gasteiger partial charge in [0.1, 0.15) is 0 Å². The summed E-state index contributed by atoms with van der Waals surface area (Å²) in [5, 5.41) is 12.3. The van der Waals surface area contributed by atoms with Crippen LogP contribution in [0.2, 0.25) is 0 Å². The molecule has 1 heterocycles. The van der Waals surface area contributed by atoms with E-state index in [1.807, 2.05) is 0 Å². The first kappa shape index (κ1) is 11.3. The summed E-state index contributed by atoms with van der Waals surface area (Å²) in [4.78, 5) is 2.06. The van der Waals surface area contributed by atoms with Crippen molar-refractivity contribution in [3.63, 3.8) is 0 Å². The van der Waals surface area contributed by atoms with Crippen LogP contribution in [0.5, 0.6) is 5.75 Å². The van der Waals surface area contributed by atoms with Gasteiger partial charge in [0.15, 0.2) is 17.4 Å². The summed E-state index contributed by atoms with van der Waals surface area (Å²) in [5.74, 6) is -2.65. The summed E-state index contributed by atoms with van der Waals surface area (Å²) in [7, 11) is 0. The van der Waals surface area contributed by atoms with Gasteiger partial charge in [-0.15, -0.1) is 0 Å². The maximum atomic E-state index is 13.5. The summed E-state index contributed by atoms with van der Waals surface area (Å²) in [6, 6.07) is 2.47. The molecule has 16 heavy (non-hydrogen) atoms. The van der Waals surface area contributed by atoms with Crippen molar-refractivity contribution in [3.05, 3.63) is 29.3 Å². The Labute approximate surface area is 92.7 Å². The van der Waals surface area contributed by atoms with Crippen LogP contribution in [-0.4, -0.2) is 36.2 Å². The summed E-state index contributed by atoms with van der Waals surface area (Å²) in [5.41, 5.74) is 0.334. The Balaban J connectivity index is 2.11. The van der Waals surface area contributed by atoms with Gasteiger partial charge in [0, 0.05) is 38.3 Å². The molecule has 0 amide bonds. The molecule has 1 aromatic rings.